The fraction of sp³-hybridized carbons (Fsp3) is 0.308. The van der Waals surface area contributed by atoms with Crippen LogP contribution in [-0.4, -0.2) is 23.6 Å². The molecule has 2 aromatic carbocycles. The first kappa shape index (κ1) is 19.2. The van der Waals surface area contributed by atoms with Crippen molar-refractivity contribution in [3.05, 3.63) is 71.8 Å². The average Bonchev–Trinajstić information content (AvgIpc) is 3.57. The maximum atomic E-state index is 13.2. The first-order valence-corrected chi connectivity index (χ1v) is 10.9. The van der Waals surface area contributed by atoms with Crippen molar-refractivity contribution in [1.82, 2.24) is 0 Å². The standard InChI is InChI=1S/C26H21NO5/c1-13(28)15-3-2-4-17(11-15)32-26(31)14-5-7-16(8-6-14)27-24(29)22-18-9-10-19(21-12-20(18)21)23(22)25(27)30/h2-11,18-23H,12H2,1H3/t18-,19+,20-,21-,22+,23-/m1/s1. The summed E-state index contributed by atoms with van der Waals surface area (Å²) in [6, 6.07) is 12.8. The monoisotopic (exact) mass is 427 g/mol. The zero-order valence-corrected chi connectivity index (χ0v) is 17.4. The number of imide groups is 1. The molecular formula is C26H21NO5. The van der Waals surface area contributed by atoms with E-state index >= 15 is 0 Å². The molecule has 0 N–H and O–H groups in total. The van der Waals surface area contributed by atoms with Gasteiger partial charge in [0.05, 0.1) is 23.1 Å². The lowest BCUT2D eigenvalue weighted by Crippen LogP contribution is -2.40. The molecule has 6 heteroatoms. The van der Waals surface area contributed by atoms with Gasteiger partial charge in [-0.1, -0.05) is 24.3 Å². The van der Waals surface area contributed by atoms with Crippen LogP contribution in [-0.2, 0) is 9.59 Å². The summed E-state index contributed by atoms with van der Waals surface area (Å²) >= 11 is 0. The summed E-state index contributed by atoms with van der Waals surface area (Å²) in [4.78, 5) is 51.8. The molecule has 6 atom stereocenters. The lowest BCUT2D eigenvalue weighted by molar-refractivity contribution is -0.124. The van der Waals surface area contributed by atoms with Crippen LogP contribution in [0.4, 0.5) is 5.69 Å². The normalized spacial score (nSPS) is 31.3. The molecule has 1 heterocycles. The number of rotatable bonds is 4. The molecule has 32 heavy (non-hydrogen) atoms. The van der Waals surface area contributed by atoms with Gasteiger partial charge >= 0.3 is 5.97 Å². The molecule has 6 nitrogen and oxygen atoms in total. The number of hydrogen-bond acceptors (Lipinski definition) is 5. The van der Waals surface area contributed by atoms with Crippen molar-refractivity contribution >= 4 is 29.3 Å². The molecule has 1 aliphatic heterocycles. The van der Waals surface area contributed by atoms with Gasteiger partial charge in [-0.15, -0.1) is 0 Å². The third-order valence-corrected chi connectivity index (χ3v) is 7.48. The van der Waals surface area contributed by atoms with Gasteiger partial charge in [-0.25, -0.2) is 4.79 Å². The molecule has 4 aliphatic carbocycles. The molecule has 2 amide bonds. The number of nitrogens with zero attached hydrogens (tertiary/aromatic N) is 1. The molecule has 0 aromatic heterocycles. The lowest BCUT2D eigenvalue weighted by atomic mass is 9.63. The first-order valence-electron chi connectivity index (χ1n) is 10.9. The zero-order valence-electron chi connectivity index (χ0n) is 17.4. The van der Waals surface area contributed by atoms with Crippen LogP contribution in [0.3, 0.4) is 0 Å². The Labute approximate surface area is 184 Å². The highest BCUT2D eigenvalue weighted by atomic mass is 16.5. The largest absolute Gasteiger partial charge is 0.423 e. The summed E-state index contributed by atoms with van der Waals surface area (Å²) in [6.07, 6.45) is 5.42. The van der Waals surface area contributed by atoms with Crippen molar-refractivity contribution in [2.24, 2.45) is 35.5 Å². The van der Waals surface area contributed by atoms with Gasteiger partial charge < -0.3 is 4.74 Å². The van der Waals surface area contributed by atoms with Crippen molar-refractivity contribution in [2.45, 2.75) is 13.3 Å². The molecule has 7 rings (SSSR count). The summed E-state index contributed by atoms with van der Waals surface area (Å²) < 4.78 is 5.38. The fourth-order valence-electron chi connectivity index (χ4n) is 5.90. The third-order valence-electron chi connectivity index (χ3n) is 7.48. The number of carbonyl (C=O) groups is 4. The van der Waals surface area contributed by atoms with Crippen LogP contribution >= 0.6 is 0 Å². The van der Waals surface area contributed by atoms with Crippen molar-refractivity contribution in [3.8, 4) is 5.75 Å². The van der Waals surface area contributed by atoms with E-state index in [0.717, 1.165) is 6.42 Å². The number of allylic oxidation sites excluding steroid dienone is 2. The highest BCUT2D eigenvalue weighted by Gasteiger charge is 2.67. The van der Waals surface area contributed by atoms with E-state index in [-0.39, 0.29) is 47.0 Å². The Morgan fingerprint density at radius 1 is 0.875 bits per heavy atom. The highest BCUT2D eigenvalue weighted by Crippen LogP contribution is 2.65. The molecule has 1 saturated heterocycles. The van der Waals surface area contributed by atoms with Gasteiger partial charge in [0.25, 0.3) is 0 Å². The molecule has 0 unspecified atom stereocenters. The second-order valence-electron chi connectivity index (χ2n) is 9.19. The van der Waals surface area contributed by atoms with Crippen LogP contribution in [0.2, 0.25) is 0 Å². The summed E-state index contributed by atoms with van der Waals surface area (Å²) in [5.41, 5.74) is 1.23. The second-order valence-corrected chi connectivity index (χ2v) is 9.19. The maximum Gasteiger partial charge on any atom is 0.343 e. The predicted octanol–water partition coefficient (Wildman–Crippen LogP) is 3.67. The molecule has 2 saturated carbocycles. The van der Waals surface area contributed by atoms with Crippen LogP contribution in [0.5, 0.6) is 5.75 Å². The smallest absolute Gasteiger partial charge is 0.343 e. The number of carbonyl (C=O) groups excluding carboxylic acids is 4. The summed E-state index contributed by atoms with van der Waals surface area (Å²) in [6.45, 7) is 1.45. The van der Waals surface area contributed by atoms with Gasteiger partial charge in [-0.2, -0.15) is 0 Å². The minimum atomic E-state index is -0.577. The van der Waals surface area contributed by atoms with E-state index in [4.69, 9.17) is 4.74 Å². The van der Waals surface area contributed by atoms with E-state index < -0.39 is 5.97 Å². The molecule has 0 spiro atoms. The number of amides is 2. The fourth-order valence-corrected chi connectivity index (χ4v) is 5.90. The SMILES string of the molecule is CC(=O)c1cccc(OC(=O)c2ccc(N3C(=O)[C@@H]4[C@H]5C=C[C@H]([C@H]6C[C@H]56)[C@@H]4C3=O)cc2)c1. The number of esters is 1. The predicted molar refractivity (Wildman–Crippen MR) is 115 cm³/mol. The topological polar surface area (TPSA) is 80.8 Å². The van der Waals surface area contributed by atoms with Crippen molar-refractivity contribution in [2.75, 3.05) is 4.90 Å². The van der Waals surface area contributed by atoms with Crippen LogP contribution < -0.4 is 9.64 Å². The van der Waals surface area contributed by atoms with Crippen LogP contribution in [0.15, 0.2) is 60.7 Å². The Morgan fingerprint density at radius 3 is 2.09 bits per heavy atom. The number of Topliss-reactive ketones (excluding diaryl/α,β-unsaturated/α-hetero) is 1. The summed E-state index contributed by atoms with van der Waals surface area (Å²) in [5, 5.41) is 0. The van der Waals surface area contributed by atoms with E-state index in [1.54, 1.807) is 42.5 Å². The van der Waals surface area contributed by atoms with Gasteiger partial charge in [0.1, 0.15) is 5.75 Å². The number of ketones is 1. The van der Waals surface area contributed by atoms with Crippen molar-refractivity contribution in [3.63, 3.8) is 0 Å². The van der Waals surface area contributed by atoms with E-state index in [2.05, 4.69) is 12.2 Å². The molecule has 3 fully saturated rings. The Morgan fingerprint density at radius 2 is 1.50 bits per heavy atom. The second kappa shape index (κ2) is 6.73. The minimum Gasteiger partial charge on any atom is -0.423 e. The van der Waals surface area contributed by atoms with E-state index in [9.17, 15) is 19.2 Å². The Bertz CT molecular complexity index is 1180. The summed E-state index contributed by atoms with van der Waals surface area (Å²) in [5.74, 6) is 0.306. The van der Waals surface area contributed by atoms with Crippen LogP contribution in [0.1, 0.15) is 34.1 Å². The maximum absolute atomic E-state index is 13.2. The minimum absolute atomic E-state index is 0.117. The molecule has 160 valence electrons. The van der Waals surface area contributed by atoms with Gasteiger partial charge in [-0.05, 0) is 73.4 Å². The molecule has 2 aromatic rings. The van der Waals surface area contributed by atoms with Crippen LogP contribution in [0.25, 0.3) is 0 Å². The van der Waals surface area contributed by atoms with Gasteiger partial charge in [0.2, 0.25) is 11.8 Å². The van der Waals surface area contributed by atoms with Gasteiger partial charge in [0.15, 0.2) is 5.78 Å². The number of hydrogen-bond donors (Lipinski definition) is 0. The highest BCUT2D eigenvalue weighted by molar-refractivity contribution is 6.22. The van der Waals surface area contributed by atoms with Gasteiger partial charge in [0, 0.05) is 5.56 Å². The number of ether oxygens (including phenoxy) is 1. The van der Waals surface area contributed by atoms with Crippen molar-refractivity contribution in [1.29, 1.82) is 0 Å². The van der Waals surface area contributed by atoms with E-state index in [0.29, 0.717) is 28.7 Å². The number of anilines is 1. The van der Waals surface area contributed by atoms with Crippen molar-refractivity contribution < 1.29 is 23.9 Å². The van der Waals surface area contributed by atoms with E-state index in [1.165, 1.54) is 17.9 Å². The zero-order chi connectivity index (χ0) is 22.1. The first-order chi connectivity index (χ1) is 15.4. The third kappa shape index (κ3) is 2.72. The molecule has 5 aliphatic rings. The Hall–Kier alpha value is -3.54. The summed E-state index contributed by atoms with van der Waals surface area (Å²) in [7, 11) is 0. The Balaban J connectivity index is 1.21. The van der Waals surface area contributed by atoms with Crippen LogP contribution in [0, 0.1) is 35.5 Å². The van der Waals surface area contributed by atoms with Gasteiger partial charge in [-0.3, -0.25) is 19.3 Å². The van der Waals surface area contributed by atoms with E-state index in [1.807, 2.05) is 0 Å². The number of benzene rings is 2. The molecule has 2 bridgehead atoms. The average molecular weight is 427 g/mol. The molecular weight excluding hydrogens is 406 g/mol. The lowest BCUT2D eigenvalue weighted by Gasteiger charge is -2.37. The quantitative estimate of drug-likeness (QED) is 0.245. The Kier molecular flexibility index (Phi) is 4.03. The molecule has 0 radical (unpaired) electrons.